The summed E-state index contributed by atoms with van der Waals surface area (Å²) in [5, 5.41) is 0.416. The molecule has 0 heterocycles. The normalized spacial score (nSPS) is 50.1. The van der Waals surface area contributed by atoms with Crippen LogP contribution in [0, 0.1) is 28.6 Å². The Labute approximate surface area is 174 Å². The molecule has 2 unspecified atom stereocenters. The first-order valence-electron chi connectivity index (χ1n) is 11.1. The van der Waals surface area contributed by atoms with Crippen molar-refractivity contribution >= 4 is 17.5 Å². The van der Waals surface area contributed by atoms with Crippen LogP contribution >= 0.6 is 11.8 Å². The maximum Gasteiger partial charge on any atom is 0.152 e. The van der Waals surface area contributed by atoms with Crippen LogP contribution in [0.1, 0.15) is 66.2 Å². The largest absolute Gasteiger partial charge is 0.381 e. The Kier molecular flexibility index (Phi) is 5.47. The molecule has 4 fully saturated rings. The molecule has 4 nitrogen and oxygen atoms in total. The van der Waals surface area contributed by atoms with Crippen molar-refractivity contribution in [2.24, 2.45) is 28.6 Å². The molecule has 0 amide bonds. The zero-order valence-electron chi connectivity index (χ0n) is 18.5. The van der Waals surface area contributed by atoms with Gasteiger partial charge < -0.3 is 14.2 Å². The van der Waals surface area contributed by atoms with Gasteiger partial charge in [0.2, 0.25) is 0 Å². The zero-order chi connectivity index (χ0) is 20.3. The van der Waals surface area contributed by atoms with Gasteiger partial charge in [0.15, 0.2) is 5.78 Å². The van der Waals surface area contributed by atoms with Crippen molar-refractivity contribution in [3.8, 4) is 0 Å². The molecule has 0 N–H and O–H groups in total. The Balaban J connectivity index is 1.81. The number of ether oxygens (including phenoxy) is 3. The summed E-state index contributed by atoms with van der Waals surface area (Å²) in [7, 11) is 3.56. The molecule has 2 bridgehead atoms. The number of rotatable bonds is 6. The maximum absolute atomic E-state index is 14.0. The van der Waals surface area contributed by atoms with Crippen molar-refractivity contribution in [3.63, 3.8) is 0 Å². The molecular weight excluding hydrogens is 372 g/mol. The highest BCUT2D eigenvalue weighted by atomic mass is 32.2. The first kappa shape index (κ1) is 21.1. The third-order valence-corrected chi connectivity index (χ3v) is 10.1. The minimum absolute atomic E-state index is 0.0746. The van der Waals surface area contributed by atoms with Crippen LogP contribution in [-0.4, -0.2) is 49.0 Å². The number of carbonyl (C=O) groups excluding carboxylic acids is 1. The van der Waals surface area contributed by atoms with Crippen LogP contribution in [0.5, 0.6) is 0 Å². The summed E-state index contributed by atoms with van der Waals surface area (Å²) < 4.78 is 17.4. The maximum atomic E-state index is 14.0. The van der Waals surface area contributed by atoms with Crippen molar-refractivity contribution in [1.29, 1.82) is 0 Å². The average molecular weight is 411 g/mol. The highest BCUT2D eigenvalue weighted by Gasteiger charge is 2.76. The monoisotopic (exact) mass is 410 g/mol. The van der Waals surface area contributed by atoms with E-state index in [-0.39, 0.29) is 29.0 Å². The minimum atomic E-state index is -0.396. The van der Waals surface area contributed by atoms with Gasteiger partial charge in [0.25, 0.3) is 0 Å². The number of Topliss-reactive ketones (excluding diaryl/α,β-unsaturated/α-hetero) is 1. The van der Waals surface area contributed by atoms with Crippen LogP contribution in [-0.2, 0) is 19.0 Å². The lowest BCUT2D eigenvalue weighted by atomic mass is 9.52. The van der Waals surface area contributed by atoms with Crippen molar-refractivity contribution in [2.75, 3.05) is 21.0 Å². The quantitative estimate of drug-likeness (QED) is 0.594. The van der Waals surface area contributed by atoms with E-state index in [1.165, 1.54) is 19.3 Å². The Morgan fingerprint density at radius 3 is 2.54 bits per heavy atom. The van der Waals surface area contributed by atoms with Gasteiger partial charge in [-0.25, -0.2) is 0 Å². The van der Waals surface area contributed by atoms with Crippen molar-refractivity contribution in [1.82, 2.24) is 0 Å². The summed E-state index contributed by atoms with van der Waals surface area (Å²) in [4.78, 5) is 14.0. The van der Waals surface area contributed by atoms with E-state index in [0.717, 1.165) is 25.2 Å². The van der Waals surface area contributed by atoms with E-state index in [9.17, 15) is 4.79 Å². The van der Waals surface area contributed by atoms with Crippen LogP contribution in [0.4, 0.5) is 0 Å². The van der Waals surface area contributed by atoms with Crippen LogP contribution in [0.15, 0.2) is 0 Å². The van der Waals surface area contributed by atoms with Crippen LogP contribution in [0.25, 0.3) is 0 Å². The molecular formula is C23H38O4S. The second-order valence-corrected chi connectivity index (χ2v) is 12.4. The minimum Gasteiger partial charge on any atom is -0.381 e. The highest BCUT2D eigenvalue weighted by molar-refractivity contribution is 8.01. The summed E-state index contributed by atoms with van der Waals surface area (Å²) in [5.74, 6) is 1.69. The molecule has 0 aromatic heterocycles. The van der Waals surface area contributed by atoms with Gasteiger partial charge in [-0.1, -0.05) is 20.8 Å². The molecule has 4 saturated carbocycles. The highest BCUT2D eigenvalue weighted by Crippen LogP contribution is 2.78. The molecule has 4 aliphatic rings. The first-order chi connectivity index (χ1) is 13.2. The van der Waals surface area contributed by atoms with Gasteiger partial charge >= 0.3 is 0 Å². The molecule has 8 atom stereocenters. The van der Waals surface area contributed by atoms with E-state index in [2.05, 4.69) is 27.7 Å². The summed E-state index contributed by atoms with van der Waals surface area (Å²) in [6.45, 7) is 9.13. The number of carbonyl (C=O) groups is 1. The molecule has 0 aliphatic heterocycles. The zero-order valence-corrected chi connectivity index (χ0v) is 19.3. The molecule has 5 heteroatoms. The molecule has 0 radical (unpaired) electrons. The second-order valence-electron chi connectivity index (χ2n) is 10.3. The van der Waals surface area contributed by atoms with Crippen LogP contribution in [0.2, 0.25) is 0 Å². The third-order valence-electron chi connectivity index (χ3n) is 8.76. The van der Waals surface area contributed by atoms with Gasteiger partial charge in [0, 0.05) is 30.8 Å². The van der Waals surface area contributed by atoms with E-state index in [1.807, 2.05) is 18.9 Å². The lowest BCUT2D eigenvalue weighted by molar-refractivity contribution is -0.171. The molecule has 0 aromatic carbocycles. The van der Waals surface area contributed by atoms with Gasteiger partial charge in [-0.05, 0) is 62.7 Å². The fourth-order valence-corrected chi connectivity index (χ4v) is 9.31. The van der Waals surface area contributed by atoms with E-state index in [1.54, 1.807) is 7.11 Å². The van der Waals surface area contributed by atoms with Gasteiger partial charge in [0.1, 0.15) is 6.79 Å². The molecule has 4 aliphatic carbocycles. The van der Waals surface area contributed by atoms with Crippen LogP contribution in [0.3, 0.4) is 0 Å². The van der Waals surface area contributed by atoms with Gasteiger partial charge in [0.05, 0.1) is 17.0 Å². The number of methoxy groups -OCH3 is 2. The Morgan fingerprint density at radius 1 is 1.18 bits per heavy atom. The molecule has 0 saturated heterocycles. The summed E-state index contributed by atoms with van der Waals surface area (Å²) >= 11 is 1.84. The molecule has 1 spiro atoms. The lowest BCUT2D eigenvalue weighted by Gasteiger charge is -2.55. The number of hydrogen-bond acceptors (Lipinski definition) is 5. The molecule has 4 rings (SSSR count). The number of hydrogen-bond donors (Lipinski definition) is 0. The predicted octanol–water partition coefficient (Wildman–Crippen LogP) is 4.70. The topological polar surface area (TPSA) is 44.8 Å². The fourth-order valence-electron chi connectivity index (χ4n) is 7.73. The third kappa shape index (κ3) is 2.86. The Morgan fingerprint density at radius 2 is 1.89 bits per heavy atom. The Hall–Kier alpha value is -0.100. The van der Waals surface area contributed by atoms with Crippen molar-refractivity contribution in [2.45, 2.75) is 88.4 Å². The van der Waals surface area contributed by atoms with E-state index < -0.39 is 4.75 Å². The molecule has 28 heavy (non-hydrogen) atoms. The van der Waals surface area contributed by atoms with Gasteiger partial charge in [-0.2, -0.15) is 0 Å². The van der Waals surface area contributed by atoms with E-state index >= 15 is 0 Å². The number of thioether (sulfide) groups is 1. The summed E-state index contributed by atoms with van der Waals surface area (Å²) in [5.41, 5.74) is 0.250. The number of ketones is 1. The summed E-state index contributed by atoms with van der Waals surface area (Å²) in [6.07, 6.45) is 6.98. The van der Waals surface area contributed by atoms with Crippen LogP contribution < -0.4 is 0 Å². The molecule has 160 valence electrons. The first-order valence-corrected chi connectivity index (χ1v) is 12.0. The van der Waals surface area contributed by atoms with Gasteiger partial charge in [-0.15, -0.1) is 11.8 Å². The van der Waals surface area contributed by atoms with Crippen molar-refractivity contribution < 1.29 is 19.0 Å². The standard InChI is InChI=1S/C23H38O4S/c1-14(2)28-21(4)12-18(27-13-25-5)23-11-16(23)7-9-22(15(3)20(21)24)10-8-17(26-6)19(22)23/h14-19H,7-13H2,1-6H3/t15-,16-,17+,18+,19?,21+,22?,23-/m0/s1. The average Bonchev–Trinajstić information content (AvgIpc) is 3.28. The Bertz CT molecular complexity index is 624. The van der Waals surface area contributed by atoms with Gasteiger partial charge in [-0.3, -0.25) is 4.79 Å². The van der Waals surface area contributed by atoms with Crippen molar-refractivity contribution in [3.05, 3.63) is 0 Å². The SMILES string of the molecule is COCO[C@@H]1C[C@@](C)(SC(C)C)C(=O)[C@H](C)C23CC[C@H]4C[C@]41C2[C@H](OC)CC3. The van der Waals surface area contributed by atoms with E-state index in [4.69, 9.17) is 14.2 Å². The second kappa shape index (κ2) is 7.25. The predicted molar refractivity (Wildman–Crippen MR) is 112 cm³/mol. The fraction of sp³-hybridized carbons (Fsp3) is 0.957. The summed E-state index contributed by atoms with van der Waals surface area (Å²) in [6, 6.07) is 0. The lowest BCUT2D eigenvalue weighted by Crippen LogP contribution is -2.58. The van der Waals surface area contributed by atoms with E-state index in [0.29, 0.717) is 23.7 Å². The molecule has 0 aromatic rings. The smallest absolute Gasteiger partial charge is 0.152 e.